The van der Waals surface area contributed by atoms with E-state index in [1.807, 2.05) is 11.8 Å². The van der Waals surface area contributed by atoms with Crippen molar-refractivity contribution in [1.29, 1.82) is 0 Å². The molecule has 2 aliphatic rings. The van der Waals surface area contributed by atoms with Gasteiger partial charge in [-0.15, -0.1) is 0 Å². The number of primary amides is 1. The predicted molar refractivity (Wildman–Crippen MR) is 84.7 cm³/mol. The summed E-state index contributed by atoms with van der Waals surface area (Å²) in [6.07, 6.45) is 6.47. The van der Waals surface area contributed by atoms with E-state index in [1.165, 1.54) is 0 Å². The number of hydrogen-bond donors (Lipinski definition) is 1. The maximum Gasteiger partial charge on any atom is 0.254 e. The second-order valence-electron chi connectivity index (χ2n) is 6.46. The van der Waals surface area contributed by atoms with Gasteiger partial charge in [0.2, 0.25) is 5.91 Å². The van der Waals surface area contributed by atoms with Gasteiger partial charge in [0, 0.05) is 31.0 Å². The van der Waals surface area contributed by atoms with Crippen LogP contribution >= 0.6 is 0 Å². The van der Waals surface area contributed by atoms with E-state index in [0.717, 1.165) is 49.9 Å². The molecule has 2 amide bonds. The third-order valence-electron chi connectivity index (χ3n) is 4.97. The maximum atomic E-state index is 12.6. The second kappa shape index (κ2) is 6.66. The summed E-state index contributed by atoms with van der Waals surface area (Å²) in [6, 6.07) is 1.78. The fraction of sp³-hybridized carbons (Fsp3) is 0.588. The van der Waals surface area contributed by atoms with Crippen molar-refractivity contribution in [3.8, 4) is 0 Å². The first-order chi connectivity index (χ1) is 11.1. The van der Waals surface area contributed by atoms with E-state index in [1.54, 1.807) is 18.5 Å². The van der Waals surface area contributed by atoms with E-state index >= 15 is 0 Å². The molecule has 2 fully saturated rings. The summed E-state index contributed by atoms with van der Waals surface area (Å²) in [5.41, 5.74) is 6.94. The van der Waals surface area contributed by atoms with E-state index in [-0.39, 0.29) is 17.9 Å². The Bertz CT molecular complexity index is 597. The minimum atomic E-state index is -0.431. The number of carbonyl (C=O) groups excluding carboxylic acids is 2. The van der Waals surface area contributed by atoms with E-state index in [4.69, 9.17) is 10.5 Å². The molecule has 2 atom stereocenters. The summed E-state index contributed by atoms with van der Waals surface area (Å²) in [6.45, 7) is 3.36. The van der Waals surface area contributed by atoms with Gasteiger partial charge in [0.05, 0.1) is 6.10 Å². The molecular weight excluding hydrogens is 294 g/mol. The highest BCUT2D eigenvalue weighted by atomic mass is 16.5. The average Bonchev–Trinajstić information content (AvgIpc) is 3.05. The Kier molecular flexibility index (Phi) is 4.61. The lowest BCUT2D eigenvalue weighted by atomic mass is 9.89. The first kappa shape index (κ1) is 15.9. The lowest BCUT2D eigenvalue weighted by molar-refractivity contribution is -0.130. The second-order valence-corrected chi connectivity index (χ2v) is 6.46. The monoisotopic (exact) mass is 317 g/mol. The zero-order valence-corrected chi connectivity index (χ0v) is 13.4. The van der Waals surface area contributed by atoms with Gasteiger partial charge in [-0.2, -0.15) is 0 Å². The Hall–Kier alpha value is -1.95. The Morgan fingerprint density at radius 2 is 2.00 bits per heavy atom. The molecule has 3 rings (SSSR count). The van der Waals surface area contributed by atoms with Crippen molar-refractivity contribution in [1.82, 2.24) is 9.88 Å². The molecule has 1 aromatic heterocycles. The fourth-order valence-corrected chi connectivity index (χ4v) is 3.58. The van der Waals surface area contributed by atoms with Crippen LogP contribution in [0.3, 0.4) is 0 Å². The minimum Gasteiger partial charge on any atom is -0.367 e. The van der Waals surface area contributed by atoms with Gasteiger partial charge in [0.15, 0.2) is 0 Å². The summed E-state index contributed by atoms with van der Waals surface area (Å²) in [5, 5.41) is 0. The van der Waals surface area contributed by atoms with Crippen LogP contribution in [0.1, 0.15) is 41.6 Å². The molecule has 0 bridgehead atoms. The molecule has 0 spiro atoms. The van der Waals surface area contributed by atoms with Gasteiger partial charge >= 0.3 is 0 Å². The van der Waals surface area contributed by atoms with Crippen LogP contribution in [0.2, 0.25) is 0 Å². The maximum absolute atomic E-state index is 12.6. The van der Waals surface area contributed by atoms with Gasteiger partial charge in [-0.05, 0) is 50.2 Å². The van der Waals surface area contributed by atoms with Crippen molar-refractivity contribution < 1.29 is 14.3 Å². The molecule has 23 heavy (non-hydrogen) atoms. The van der Waals surface area contributed by atoms with Crippen LogP contribution in [-0.4, -0.2) is 47.0 Å². The van der Waals surface area contributed by atoms with Crippen LogP contribution in [-0.2, 0) is 9.53 Å². The number of carbonyl (C=O) groups is 2. The molecule has 3 heterocycles. The number of ether oxygens (including phenoxy) is 1. The van der Waals surface area contributed by atoms with Crippen molar-refractivity contribution in [2.75, 3.05) is 13.1 Å². The molecule has 6 nitrogen and oxygen atoms in total. The molecule has 0 aromatic carbocycles. The molecular formula is C17H23N3O3. The number of hydrogen-bond acceptors (Lipinski definition) is 4. The van der Waals surface area contributed by atoms with Crippen molar-refractivity contribution >= 4 is 11.8 Å². The van der Waals surface area contributed by atoms with Gasteiger partial charge in [0.25, 0.3) is 5.91 Å². The molecule has 124 valence electrons. The first-order valence-electron chi connectivity index (χ1n) is 8.21. The van der Waals surface area contributed by atoms with E-state index in [0.29, 0.717) is 5.92 Å². The standard InChI is InChI=1S/C17H23N3O3/c1-11-10-19-7-4-13(11)17(22)20-8-5-12(6-9-20)14-2-3-15(23-14)16(18)21/h4,7,10,12,14-15H,2-3,5-6,8-9H2,1H3,(H2,18,21)/t14-,15+/m0/s1. The molecule has 0 radical (unpaired) electrons. The minimum absolute atomic E-state index is 0.0747. The molecule has 6 heteroatoms. The van der Waals surface area contributed by atoms with Gasteiger partial charge < -0.3 is 15.4 Å². The highest BCUT2D eigenvalue weighted by molar-refractivity contribution is 5.95. The van der Waals surface area contributed by atoms with Crippen LogP contribution in [0.4, 0.5) is 0 Å². The van der Waals surface area contributed by atoms with Crippen LogP contribution in [0.25, 0.3) is 0 Å². The topological polar surface area (TPSA) is 85.5 Å². The quantitative estimate of drug-likeness (QED) is 0.910. The normalized spacial score (nSPS) is 25.5. The molecule has 2 saturated heterocycles. The van der Waals surface area contributed by atoms with Gasteiger partial charge in [-0.25, -0.2) is 0 Å². The Morgan fingerprint density at radius 1 is 1.26 bits per heavy atom. The number of aromatic nitrogens is 1. The van der Waals surface area contributed by atoms with Crippen LogP contribution < -0.4 is 5.73 Å². The van der Waals surface area contributed by atoms with Crippen molar-refractivity contribution in [3.05, 3.63) is 29.6 Å². The van der Waals surface area contributed by atoms with E-state index in [2.05, 4.69) is 4.98 Å². The predicted octanol–water partition coefficient (Wildman–Crippen LogP) is 1.28. The van der Waals surface area contributed by atoms with E-state index < -0.39 is 6.10 Å². The zero-order chi connectivity index (χ0) is 16.4. The number of nitrogens with zero attached hydrogens (tertiary/aromatic N) is 2. The van der Waals surface area contributed by atoms with Crippen molar-refractivity contribution in [2.45, 2.75) is 44.8 Å². The number of nitrogens with two attached hydrogens (primary N) is 1. The molecule has 2 N–H and O–H groups in total. The van der Waals surface area contributed by atoms with Crippen LogP contribution in [0.15, 0.2) is 18.5 Å². The molecule has 2 aliphatic heterocycles. The Morgan fingerprint density at radius 3 is 2.61 bits per heavy atom. The SMILES string of the molecule is Cc1cnccc1C(=O)N1CCC([C@@H]2CC[C@H](C(N)=O)O2)CC1. The molecule has 0 saturated carbocycles. The first-order valence-corrected chi connectivity index (χ1v) is 8.21. The summed E-state index contributed by atoms with van der Waals surface area (Å²) >= 11 is 0. The average molecular weight is 317 g/mol. The number of pyridine rings is 1. The highest BCUT2D eigenvalue weighted by Gasteiger charge is 2.36. The summed E-state index contributed by atoms with van der Waals surface area (Å²) in [4.78, 5) is 29.7. The van der Waals surface area contributed by atoms with Gasteiger partial charge in [-0.1, -0.05) is 0 Å². The van der Waals surface area contributed by atoms with Gasteiger partial charge in [-0.3, -0.25) is 14.6 Å². The number of amides is 2. The third kappa shape index (κ3) is 3.37. The Labute approximate surface area is 136 Å². The fourth-order valence-electron chi connectivity index (χ4n) is 3.58. The molecule has 0 unspecified atom stereocenters. The highest BCUT2D eigenvalue weighted by Crippen LogP contribution is 2.32. The van der Waals surface area contributed by atoms with Crippen LogP contribution in [0, 0.1) is 12.8 Å². The number of rotatable bonds is 3. The van der Waals surface area contributed by atoms with Crippen molar-refractivity contribution in [2.24, 2.45) is 11.7 Å². The number of piperidine rings is 1. The van der Waals surface area contributed by atoms with Crippen molar-refractivity contribution in [3.63, 3.8) is 0 Å². The molecule has 0 aliphatic carbocycles. The lowest BCUT2D eigenvalue weighted by Gasteiger charge is -2.34. The number of aryl methyl sites for hydroxylation is 1. The summed E-state index contributed by atoms with van der Waals surface area (Å²) in [7, 11) is 0. The number of likely N-dealkylation sites (tertiary alicyclic amines) is 1. The zero-order valence-electron chi connectivity index (χ0n) is 13.4. The summed E-state index contributed by atoms with van der Waals surface area (Å²) in [5.74, 6) is 0.112. The van der Waals surface area contributed by atoms with Gasteiger partial charge in [0.1, 0.15) is 6.10 Å². The smallest absolute Gasteiger partial charge is 0.254 e. The lowest BCUT2D eigenvalue weighted by Crippen LogP contribution is -2.41. The third-order valence-corrected chi connectivity index (χ3v) is 4.97. The summed E-state index contributed by atoms with van der Waals surface area (Å²) < 4.78 is 5.78. The van der Waals surface area contributed by atoms with E-state index in [9.17, 15) is 9.59 Å². The Balaban J connectivity index is 1.56. The molecule has 1 aromatic rings. The largest absolute Gasteiger partial charge is 0.367 e. The van der Waals surface area contributed by atoms with Crippen LogP contribution in [0.5, 0.6) is 0 Å².